The quantitative estimate of drug-likeness (QED) is 0.723. The Morgan fingerprint density at radius 3 is 2.59 bits per heavy atom. The van der Waals surface area contributed by atoms with Crippen LogP contribution >= 0.6 is 0 Å². The van der Waals surface area contributed by atoms with Crippen LogP contribution in [0, 0.1) is 0 Å². The second-order valence-corrected chi connectivity index (χ2v) is 3.67. The van der Waals surface area contributed by atoms with Crippen LogP contribution in [0.1, 0.15) is 12.8 Å². The van der Waals surface area contributed by atoms with Gasteiger partial charge in [-0.25, -0.2) is 0 Å². The number of amides is 2. The molecule has 2 N–H and O–H groups in total. The maximum atomic E-state index is 12.2. The van der Waals surface area contributed by atoms with Gasteiger partial charge in [-0.15, -0.1) is 0 Å². The third kappa shape index (κ3) is 3.32. The molecule has 1 aliphatic heterocycles. The number of rotatable bonds is 3. The van der Waals surface area contributed by atoms with Crippen molar-refractivity contribution in [2.75, 3.05) is 19.7 Å². The normalized spacial score (nSPS) is 20.5. The molecule has 0 aliphatic carbocycles. The Morgan fingerprint density at radius 1 is 1.41 bits per heavy atom. The fourth-order valence-corrected chi connectivity index (χ4v) is 1.74. The van der Waals surface area contributed by atoms with Crippen LogP contribution in [0.3, 0.4) is 0 Å². The van der Waals surface area contributed by atoms with E-state index in [4.69, 9.17) is 5.11 Å². The van der Waals surface area contributed by atoms with E-state index in [1.54, 1.807) is 0 Å². The van der Waals surface area contributed by atoms with Gasteiger partial charge in [-0.2, -0.15) is 13.2 Å². The molecule has 5 nitrogen and oxygen atoms in total. The zero-order valence-electron chi connectivity index (χ0n) is 8.96. The number of hydrogen-bond donors (Lipinski definition) is 2. The smallest absolute Gasteiger partial charge is 0.395 e. The molecule has 1 heterocycles. The second kappa shape index (κ2) is 5.35. The fourth-order valence-electron chi connectivity index (χ4n) is 1.74. The van der Waals surface area contributed by atoms with Crippen molar-refractivity contribution in [2.45, 2.75) is 25.1 Å². The van der Waals surface area contributed by atoms with Gasteiger partial charge in [0.15, 0.2) is 0 Å². The van der Waals surface area contributed by atoms with Crippen LogP contribution in [-0.2, 0) is 9.59 Å². The topological polar surface area (TPSA) is 69.6 Å². The van der Waals surface area contributed by atoms with Gasteiger partial charge >= 0.3 is 12.1 Å². The lowest BCUT2D eigenvalue weighted by Crippen LogP contribution is -2.50. The Bertz CT molecular complexity index is 306. The van der Waals surface area contributed by atoms with E-state index < -0.39 is 24.0 Å². The van der Waals surface area contributed by atoms with Gasteiger partial charge in [-0.1, -0.05) is 0 Å². The number of likely N-dealkylation sites (tertiary alicyclic amines) is 1. The summed E-state index contributed by atoms with van der Waals surface area (Å²) in [5.41, 5.74) is 0. The highest BCUT2D eigenvalue weighted by Crippen LogP contribution is 2.25. The Balaban J connectivity index is 2.66. The number of carbonyl (C=O) groups is 2. The number of aliphatic hydroxyl groups excluding tert-OH is 1. The van der Waals surface area contributed by atoms with E-state index in [1.807, 2.05) is 0 Å². The van der Waals surface area contributed by atoms with Crippen LogP contribution in [0.25, 0.3) is 0 Å². The number of carbonyl (C=O) groups excluding carboxylic acids is 2. The summed E-state index contributed by atoms with van der Waals surface area (Å²) < 4.78 is 36.7. The van der Waals surface area contributed by atoms with Crippen LogP contribution in [-0.4, -0.2) is 53.7 Å². The van der Waals surface area contributed by atoms with E-state index in [0.29, 0.717) is 11.3 Å². The van der Waals surface area contributed by atoms with E-state index in [0.717, 1.165) is 0 Å². The Hall–Kier alpha value is -1.31. The Labute approximate surface area is 95.6 Å². The summed E-state index contributed by atoms with van der Waals surface area (Å²) in [6, 6.07) is -1.09. The highest BCUT2D eigenvalue weighted by molar-refractivity contribution is 5.90. The lowest BCUT2D eigenvalue weighted by atomic mass is 10.2. The molecule has 1 aliphatic rings. The van der Waals surface area contributed by atoms with Crippen LogP contribution < -0.4 is 5.32 Å². The predicted molar refractivity (Wildman–Crippen MR) is 50.9 cm³/mol. The predicted octanol–water partition coefficient (Wildman–Crippen LogP) is -0.352. The highest BCUT2D eigenvalue weighted by atomic mass is 19.4. The maximum absolute atomic E-state index is 12.2. The summed E-state index contributed by atoms with van der Waals surface area (Å²) in [6.07, 6.45) is -4.39. The average molecular weight is 254 g/mol. The molecule has 0 aromatic rings. The molecule has 1 fully saturated rings. The molecule has 0 radical (unpaired) electrons. The van der Waals surface area contributed by atoms with Gasteiger partial charge in [0.2, 0.25) is 5.91 Å². The summed E-state index contributed by atoms with van der Waals surface area (Å²) in [7, 11) is 0. The van der Waals surface area contributed by atoms with Crippen molar-refractivity contribution in [3.63, 3.8) is 0 Å². The van der Waals surface area contributed by atoms with Crippen molar-refractivity contribution in [3.05, 3.63) is 0 Å². The first-order valence-corrected chi connectivity index (χ1v) is 5.14. The molecule has 0 bridgehead atoms. The molecule has 8 heteroatoms. The lowest BCUT2D eigenvalue weighted by molar-refractivity contribution is -0.186. The molecule has 0 spiro atoms. The van der Waals surface area contributed by atoms with Gasteiger partial charge in [0.25, 0.3) is 0 Å². The molecule has 0 saturated carbocycles. The monoisotopic (exact) mass is 254 g/mol. The SMILES string of the molecule is O=C(NCCO)C1CCCN1C(=O)C(F)(F)F. The molecule has 1 atom stereocenters. The molecular formula is C9H13F3N2O3. The second-order valence-electron chi connectivity index (χ2n) is 3.67. The van der Waals surface area contributed by atoms with Crippen LogP contribution in [0.4, 0.5) is 13.2 Å². The lowest BCUT2D eigenvalue weighted by Gasteiger charge is -2.24. The first kappa shape index (κ1) is 13.8. The van der Waals surface area contributed by atoms with Gasteiger partial charge in [-0.3, -0.25) is 9.59 Å². The largest absolute Gasteiger partial charge is 0.471 e. The minimum Gasteiger partial charge on any atom is -0.395 e. The van der Waals surface area contributed by atoms with E-state index in [1.165, 1.54) is 0 Å². The van der Waals surface area contributed by atoms with E-state index in [-0.39, 0.29) is 26.1 Å². The summed E-state index contributed by atoms with van der Waals surface area (Å²) in [6.45, 7) is -0.412. The van der Waals surface area contributed by atoms with Crippen molar-refractivity contribution in [1.29, 1.82) is 0 Å². The van der Waals surface area contributed by atoms with Crippen molar-refractivity contribution in [1.82, 2.24) is 10.2 Å². The Kier molecular flexibility index (Phi) is 4.33. The van der Waals surface area contributed by atoms with Gasteiger partial charge in [0.1, 0.15) is 6.04 Å². The molecule has 98 valence electrons. The zero-order chi connectivity index (χ0) is 13.1. The highest BCUT2D eigenvalue weighted by Gasteiger charge is 2.47. The maximum Gasteiger partial charge on any atom is 0.471 e. The van der Waals surface area contributed by atoms with Crippen molar-refractivity contribution >= 4 is 11.8 Å². The van der Waals surface area contributed by atoms with Gasteiger partial charge in [0, 0.05) is 13.1 Å². The minimum absolute atomic E-state index is 0.0383. The minimum atomic E-state index is -4.96. The first-order chi connectivity index (χ1) is 7.88. The molecule has 0 aromatic carbocycles. The average Bonchev–Trinajstić information content (AvgIpc) is 2.72. The third-order valence-corrected chi connectivity index (χ3v) is 2.47. The summed E-state index contributed by atoms with van der Waals surface area (Å²) >= 11 is 0. The number of halogens is 3. The van der Waals surface area contributed by atoms with Crippen LogP contribution in [0.15, 0.2) is 0 Å². The van der Waals surface area contributed by atoms with Crippen molar-refractivity contribution in [3.8, 4) is 0 Å². The van der Waals surface area contributed by atoms with E-state index >= 15 is 0 Å². The number of nitrogens with zero attached hydrogens (tertiary/aromatic N) is 1. The zero-order valence-corrected chi connectivity index (χ0v) is 8.96. The van der Waals surface area contributed by atoms with Gasteiger partial charge in [0.05, 0.1) is 6.61 Å². The molecule has 1 rings (SSSR count). The molecule has 1 saturated heterocycles. The number of hydrogen-bond acceptors (Lipinski definition) is 3. The summed E-state index contributed by atoms with van der Waals surface area (Å²) in [5, 5.41) is 10.7. The van der Waals surface area contributed by atoms with E-state index in [2.05, 4.69) is 5.32 Å². The van der Waals surface area contributed by atoms with Crippen LogP contribution in [0.5, 0.6) is 0 Å². The van der Waals surface area contributed by atoms with Crippen molar-refractivity contribution < 1.29 is 27.9 Å². The molecule has 0 aromatic heterocycles. The Morgan fingerprint density at radius 2 is 2.06 bits per heavy atom. The number of aliphatic hydroxyl groups is 1. The molecule has 2 amide bonds. The van der Waals surface area contributed by atoms with E-state index in [9.17, 15) is 22.8 Å². The van der Waals surface area contributed by atoms with Gasteiger partial charge in [-0.05, 0) is 12.8 Å². The summed E-state index contributed by atoms with van der Waals surface area (Å²) in [5.74, 6) is -2.65. The van der Waals surface area contributed by atoms with Gasteiger partial charge < -0.3 is 15.3 Å². The fraction of sp³-hybridized carbons (Fsp3) is 0.778. The summed E-state index contributed by atoms with van der Waals surface area (Å²) in [4.78, 5) is 23.0. The van der Waals surface area contributed by atoms with Crippen LogP contribution in [0.2, 0.25) is 0 Å². The first-order valence-electron chi connectivity index (χ1n) is 5.14. The number of alkyl halides is 3. The standard InChI is InChI=1S/C9H13F3N2O3/c10-9(11,12)8(17)14-4-1-2-6(14)7(16)13-3-5-15/h6,15H,1-5H2,(H,13,16). The molecular weight excluding hydrogens is 241 g/mol. The molecule has 1 unspecified atom stereocenters. The third-order valence-electron chi connectivity index (χ3n) is 2.47. The molecule has 17 heavy (non-hydrogen) atoms. The number of nitrogens with one attached hydrogen (secondary N) is 1. The van der Waals surface area contributed by atoms with Crippen molar-refractivity contribution in [2.24, 2.45) is 0 Å².